The molecule has 9 aromatic carbocycles. The van der Waals surface area contributed by atoms with E-state index in [0.717, 1.165) is 123 Å². The summed E-state index contributed by atoms with van der Waals surface area (Å²) in [5.41, 5.74) is 15.3. The smallest absolute Gasteiger partial charge is 0.138 e. The molecule has 0 bridgehead atoms. The molecule has 0 aliphatic carbocycles. The Morgan fingerprint density at radius 2 is 0.461 bits per heavy atom. The molecule has 6 nitrogen and oxygen atoms in total. The molecule has 4 aromatic heterocycles. The zero-order valence-electron chi connectivity index (χ0n) is 41.4. The molecule has 0 amide bonds. The third-order valence-electron chi connectivity index (χ3n) is 14.0. The largest absolute Gasteiger partial charge is 0.279 e. The van der Waals surface area contributed by atoms with E-state index in [1.54, 1.807) is 0 Å². The van der Waals surface area contributed by atoms with E-state index < -0.39 is 0 Å². The van der Waals surface area contributed by atoms with Crippen molar-refractivity contribution in [2.24, 2.45) is 0 Å². The van der Waals surface area contributed by atoms with Crippen LogP contribution in [0.1, 0.15) is 0 Å². The minimum atomic E-state index is 0.761. The van der Waals surface area contributed by atoms with E-state index in [1.807, 2.05) is 97.6 Å². The van der Waals surface area contributed by atoms with Crippen LogP contribution in [0.15, 0.2) is 292 Å². The number of nitrogens with zero attached hydrogens (tertiary/aromatic N) is 6. The third kappa shape index (κ3) is 8.90. The van der Waals surface area contributed by atoms with Crippen molar-refractivity contribution in [1.82, 2.24) is 19.9 Å². The van der Waals surface area contributed by atoms with Gasteiger partial charge in [0.25, 0.3) is 0 Å². The van der Waals surface area contributed by atoms with Crippen molar-refractivity contribution in [3.8, 4) is 66.8 Å². The summed E-state index contributed by atoms with van der Waals surface area (Å²) in [7, 11) is 0. The van der Waals surface area contributed by atoms with Gasteiger partial charge in [-0.25, -0.2) is 19.9 Å². The topological polar surface area (TPSA) is 58.0 Å². The second-order valence-corrected chi connectivity index (χ2v) is 18.7. The Labute approximate surface area is 442 Å². The fraction of sp³-hybridized carbons (Fsp3) is 0. The van der Waals surface area contributed by atoms with Crippen LogP contribution in [0.5, 0.6) is 0 Å². The van der Waals surface area contributed by atoms with E-state index >= 15 is 0 Å². The molecule has 0 unspecified atom stereocenters. The fourth-order valence-electron chi connectivity index (χ4n) is 10.5. The first-order valence-electron chi connectivity index (χ1n) is 25.5. The molecule has 0 aliphatic heterocycles. The lowest BCUT2D eigenvalue weighted by atomic mass is 9.83. The molecule has 0 N–H and O–H groups in total. The molecule has 0 atom stereocenters. The summed E-state index contributed by atoms with van der Waals surface area (Å²) < 4.78 is 0. The van der Waals surface area contributed by atoms with Crippen LogP contribution in [-0.2, 0) is 0 Å². The summed E-state index contributed by atoms with van der Waals surface area (Å²) in [5, 5.41) is 4.32. The average molecular weight is 973 g/mol. The zero-order valence-corrected chi connectivity index (χ0v) is 41.4. The quantitative estimate of drug-likeness (QED) is 0.114. The Bertz CT molecular complexity index is 3660. The van der Waals surface area contributed by atoms with E-state index in [-0.39, 0.29) is 0 Å². The van der Waals surface area contributed by atoms with Gasteiger partial charge >= 0.3 is 0 Å². The van der Waals surface area contributed by atoms with Crippen LogP contribution < -0.4 is 9.80 Å². The lowest BCUT2D eigenvalue weighted by molar-refractivity contribution is 1.13. The van der Waals surface area contributed by atoms with E-state index in [0.29, 0.717) is 0 Å². The minimum Gasteiger partial charge on any atom is -0.279 e. The van der Waals surface area contributed by atoms with Crippen molar-refractivity contribution < 1.29 is 0 Å². The van der Waals surface area contributed by atoms with Crippen molar-refractivity contribution in [3.63, 3.8) is 0 Å². The normalized spacial score (nSPS) is 11.2. The molecular weight excluding hydrogens is 925 g/mol. The third-order valence-corrected chi connectivity index (χ3v) is 14.0. The Balaban J connectivity index is 1.19. The predicted octanol–water partition coefficient (Wildman–Crippen LogP) is 18.5. The Kier molecular flexibility index (Phi) is 12.2. The van der Waals surface area contributed by atoms with Crippen LogP contribution in [-0.4, -0.2) is 19.9 Å². The summed E-state index contributed by atoms with van der Waals surface area (Å²) >= 11 is 0. The van der Waals surface area contributed by atoms with Crippen LogP contribution in [0.25, 0.3) is 88.3 Å². The van der Waals surface area contributed by atoms with Crippen LogP contribution in [0.2, 0.25) is 0 Å². The van der Waals surface area contributed by atoms with Crippen LogP contribution in [0, 0.1) is 0 Å². The number of hydrogen-bond acceptors (Lipinski definition) is 6. The summed E-state index contributed by atoms with van der Waals surface area (Å²) in [6.45, 7) is 0. The van der Waals surface area contributed by atoms with Crippen molar-refractivity contribution in [1.29, 1.82) is 0 Å². The highest BCUT2D eigenvalue weighted by Gasteiger charge is 2.25. The summed E-state index contributed by atoms with van der Waals surface area (Å²) in [5.74, 6) is 3.05. The SMILES string of the molecule is c1ccc(-c2cc(-c3ccccc3)cc(-c3c4ccc(N(c5ccccn5)c5ccccn5)cc4c(-c4cc(-c5ccccc5)cc(-c5ccccc5)c4)c4ccc(N(c5ccccn5)c5ccccn5)cc34)c2)cc1. The molecule has 13 aromatic rings. The first-order chi connectivity index (χ1) is 37.7. The highest BCUT2D eigenvalue weighted by atomic mass is 15.2. The number of anilines is 6. The Hall–Kier alpha value is -10.3. The maximum Gasteiger partial charge on any atom is 0.138 e. The number of fused-ring (bicyclic) bond motifs is 2. The highest BCUT2D eigenvalue weighted by molar-refractivity contribution is 6.23. The highest BCUT2D eigenvalue weighted by Crippen LogP contribution is 2.50. The molecule has 0 saturated heterocycles. The maximum absolute atomic E-state index is 4.92. The van der Waals surface area contributed by atoms with Gasteiger partial charge < -0.3 is 0 Å². The Morgan fingerprint density at radius 3 is 0.724 bits per heavy atom. The summed E-state index contributed by atoms with van der Waals surface area (Å²) in [6.07, 6.45) is 7.35. The molecule has 0 fully saturated rings. The molecule has 4 heterocycles. The molecule has 0 spiro atoms. The lowest BCUT2D eigenvalue weighted by Crippen LogP contribution is -2.13. The molecule has 358 valence electrons. The second kappa shape index (κ2) is 20.3. The molecule has 13 rings (SSSR count). The Morgan fingerprint density at radius 1 is 0.197 bits per heavy atom. The molecule has 0 saturated carbocycles. The van der Waals surface area contributed by atoms with Crippen molar-refractivity contribution >= 4 is 56.2 Å². The maximum atomic E-state index is 4.92. The van der Waals surface area contributed by atoms with E-state index in [9.17, 15) is 0 Å². The van der Waals surface area contributed by atoms with Crippen LogP contribution >= 0.6 is 0 Å². The number of benzene rings is 9. The van der Waals surface area contributed by atoms with Gasteiger partial charge in [-0.1, -0.05) is 158 Å². The van der Waals surface area contributed by atoms with Crippen molar-refractivity contribution in [3.05, 3.63) is 292 Å². The van der Waals surface area contributed by atoms with Gasteiger partial charge in [0.15, 0.2) is 0 Å². The number of pyridine rings is 4. The number of hydrogen-bond donors (Lipinski definition) is 0. The van der Waals surface area contributed by atoms with E-state index in [2.05, 4.69) is 204 Å². The lowest BCUT2D eigenvalue weighted by Gasteiger charge is -2.26. The van der Waals surface area contributed by atoms with Gasteiger partial charge in [-0.05, 0) is 198 Å². The molecule has 0 aliphatic rings. The first-order valence-corrected chi connectivity index (χ1v) is 25.5. The second-order valence-electron chi connectivity index (χ2n) is 18.7. The van der Waals surface area contributed by atoms with Gasteiger partial charge in [-0.15, -0.1) is 0 Å². The molecule has 6 heteroatoms. The number of aromatic nitrogens is 4. The fourth-order valence-corrected chi connectivity index (χ4v) is 10.5. The van der Waals surface area contributed by atoms with Crippen LogP contribution in [0.4, 0.5) is 34.6 Å². The van der Waals surface area contributed by atoms with Gasteiger partial charge in [0.1, 0.15) is 23.3 Å². The minimum absolute atomic E-state index is 0.761. The standard InChI is InChI=1S/C70H48N6/c1-5-21-49(22-6-1)53-41-54(50-23-7-2-8-24-50)44-57(43-53)69-61-35-33-60(76(67-31-15-19-39-73-67)68-32-16-20-40-74-68)48-64(61)70(58-45-55(51-25-9-3-10-26-51)42-56(46-58)52-27-11-4-12-28-52)62-36-34-59(47-63(62)69)75(65-29-13-17-37-71-65)66-30-14-18-38-72-66/h1-48H. The number of rotatable bonds is 12. The van der Waals surface area contributed by atoms with Gasteiger partial charge in [0.2, 0.25) is 0 Å². The molecule has 76 heavy (non-hydrogen) atoms. The van der Waals surface area contributed by atoms with Crippen molar-refractivity contribution in [2.45, 2.75) is 0 Å². The van der Waals surface area contributed by atoms with Crippen LogP contribution in [0.3, 0.4) is 0 Å². The predicted molar refractivity (Wildman–Crippen MR) is 315 cm³/mol. The molecule has 0 radical (unpaired) electrons. The zero-order chi connectivity index (χ0) is 50.6. The van der Waals surface area contributed by atoms with Gasteiger partial charge in [-0.2, -0.15) is 0 Å². The van der Waals surface area contributed by atoms with Gasteiger partial charge in [-0.3, -0.25) is 9.80 Å². The summed E-state index contributed by atoms with van der Waals surface area (Å²) in [4.78, 5) is 24.0. The van der Waals surface area contributed by atoms with E-state index in [4.69, 9.17) is 19.9 Å². The first kappa shape index (κ1) is 45.6. The van der Waals surface area contributed by atoms with Crippen molar-refractivity contribution in [2.75, 3.05) is 9.80 Å². The van der Waals surface area contributed by atoms with Gasteiger partial charge in [0.05, 0.1) is 0 Å². The monoisotopic (exact) mass is 972 g/mol. The van der Waals surface area contributed by atoms with E-state index in [1.165, 1.54) is 0 Å². The van der Waals surface area contributed by atoms with Gasteiger partial charge in [0, 0.05) is 36.2 Å². The molecular formula is C70H48N6. The summed E-state index contributed by atoms with van der Waals surface area (Å²) in [6, 6.07) is 94.7. The average Bonchev–Trinajstić information content (AvgIpc) is 3.55.